The van der Waals surface area contributed by atoms with Crippen molar-refractivity contribution in [2.75, 3.05) is 18.1 Å². The van der Waals surface area contributed by atoms with Crippen molar-refractivity contribution < 1.29 is 13.2 Å². The number of sulfone groups is 1. The second-order valence-electron chi connectivity index (χ2n) is 5.94. The molecule has 6 heteroatoms. The smallest absolute Gasteiger partial charge is 0.221 e. The molecule has 1 aromatic rings. The van der Waals surface area contributed by atoms with Crippen molar-refractivity contribution in [1.82, 2.24) is 5.32 Å². The van der Waals surface area contributed by atoms with E-state index in [-0.39, 0.29) is 11.9 Å². The van der Waals surface area contributed by atoms with Gasteiger partial charge in [-0.15, -0.1) is 0 Å². The van der Waals surface area contributed by atoms with E-state index in [1.165, 1.54) is 13.2 Å². The maximum Gasteiger partial charge on any atom is 0.221 e. The van der Waals surface area contributed by atoms with Gasteiger partial charge in [0.15, 0.2) is 9.84 Å². The monoisotopic (exact) mass is 312 g/mol. The summed E-state index contributed by atoms with van der Waals surface area (Å²) in [5.74, 6) is -0.119. The summed E-state index contributed by atoms with van der Waals surface area (Å²) in [6.07, 6.45) is 1.25. The van der Waals surface area contributed by atoms with Gasteiger partial charge in [-0.25, -0.2) is 8.42 Å². The van der Waals surface area contributed by atoms with Gasteiger partial charge in [0.2, 0.25) is 5.91 Å². The van der Waals surface area contributed by atoms with Crippen LogP contribution in [-0.2, 0) is 14.6 Å². The van der Waals surface area contributed by atoms with Crippen LogP contribution >= 0.6 is 0 Å². The van der Waals surface area contributed by atoms with E-state index in [4.69, 9.17) is 0 Å². The molecule has 118 valence electrons. The van der Waals surface area contributed by atoms with Crippen LogP contribution in [0.5, 0.6) is 0 Å². The topological polar surface area (TPSA) is 75.3 Å². The minimum Gasteiger partial charge on any atom is -0.326 e. The van der Waals surface area contributed by atoms with E-state index in [1.807, 2.05) is 31.2 Å². The molecule has 0 radical (unpaired) electrons. The third kappa shape index (κ3) is 5.13. The number of benzene rings is 1. The van der Waals surface area contributed by atoms with Gasteiger partial charge >= 0.3 is 0 Å². The number of hydrogen-bond acceptors (Lipinski definition) is 4. The molecule has 21 heavy (non-hydrogen) atoms. The molecule has 0 aliphatic heterocycles. The molecule has 1 atom stereocenters. The molecule has 1 aromatic carbocycles. The van der Waals surface area contributed by atoms with Crippen LogP contribution in [0.4, 0.5) is 5.69 Å². The van der Waals surface area contributed by atoms with E-state index in [9.17, 15) is 13.2 Å². The van der Waals surface area contributed by atoms with E-state index in [0.29, 0.717) is 6.54 Å². The Kier molecular flexibility index (Phi) is 5.53. The second kappa shape index (κ2) is 6.58. The van der Waals surface area contributed by atoms with Crippen LogP contribution in [0.3, 0.4) is 0 Å². The molecule has 1 amide bonds. The number of carbonyl (C=O) groups excluding carboxylic acids is 1. The van der Waals surface area contributed by atoms with Crippen molar-refractivity contribution in [1.29, 1.82) is 0 Å². The first-order chi connectivity index (χ1) is 9.53. The van der Waals surface area contributed by atoms with E-state index < -0.39 is 14.6 Å². The summed E-state index contributed by atoms with van der Waals surface area (Å²) in [4.78, 5) is 11.1. The van der Waals surface area contributed by atoms with Crippen LogP contribution in [0.2, 0.25) is 0 Å². The molecule has 0 saturated heterocycles. The van der Waals surface area contributed by atoms with Crippen LogP contribution in [0.15, 0.2) is 24.3 Å². The van der Waals surface area contributed by atoms with Gasteiger partial charge in [-0.05, 0) is 38.5 Å². The van der Waals surface area contributed by atoms with Gasteiger partial charge in [0, 0.05) is 31.5 Å². The molecule has 5 nitrogen and oxygen atoms in total. The lowest BCUT2D eigenvalue weighted by Crippen LogP contribution is -2.42. The zero-order valence-corrected chi connectivity index (χ0v) is 14.0. The number of hydrogen-bond donors (Lipinski definition) is 2. The molecule has 2 N–H and O–H groups in total. The predicted octanol–water partition coefficient (Wildman–Crippen LogP) is 2.12. The molecule has 0 aliphatic carbocycles. The van der Waals surface area contributed by atoms with Gasteiger partial charge < -0.3 is 10.6 Å². The summed E-state index contributed by atoms with van der Waals surface area (Å²) in [6.45, 7) is 7.19. The Balaban J connectivity index is 2.76. The van der Waals surface area contributed by atoms with Crippen LogP contribution in [0, 0.1) is 0 Å². The van der Waals surface area contributed by atoms with Crippen LogP contribution in [0.1, 0.15) is 39.3 Å². The van der Waals surface area contributed by atoms with Crippen LogP contribution in [0.25, 0.3) is 0 Å². The van der Waals surface area contributed by atoms with E-state index in [1.54, 1.807) is 13.8 Å². The predicted molar refractivity (Wildman–Crippen MR) is 86.1 cm³/mol. The van der Waals surface area contributed by atoms with E-state index >= 15 is 0 Å². The molecule has 0 heterocycles. The highest BCUT2D eigenvalue weighted by Crippen LogP contribution is 2.20. The zero-order valence-electron chi connectivity index (χ0n) is 13.2. The Morgan fingerprint density at radius 1 is 1.33 bits per heavy atom. The van der Waals surface area contributed by atoms with Crippen LogP contribution < -0.4 is 10.6 Å². The van der Waals surface area contributed by atoms with E-state index in [0.717, 1.165) is 11.3 Å². The zero-order chi connectivity index (χ0) is 16.3. The third-order valence-electron chi connectivity index (χ3n) is 3.54. The Morgan fingerprint density at radius 3 is 2.48 bits per heavy atom. The molecule has 0 aromatic heterocycles. The first-order valence-electron chi connectivity index (χ1n) is 6.83. The Hall–Kier alpha value is -1.40. The van der Waals surface area contributed by atoms with Gasteiger partial charge in [-0.2, -0.15) is 0 Å². The van der Waals surface area contributed by atoms with E-state index in [2.05, 4.69) is 10.6 Å². The minimum absolute atomic E-state index is 0.0141. The molecule has 0 fully saturated rings. The molecular weight excluding hydrogens is 288 g/mol. The second-order valence-corrected chi connectivity index (χ2v) is 8.59. The number of rotatable bonds is 6. The summed E-state index contributed by atoms with van der Waals surface area (Å²) in [5, 5.41) is 5.97. The average Bonchev–Trinajstić information content (AvgIpc) is 2.34. The van der Waals surface area contributed by atoms with Crippen LogP contribution in [-0.4, -0.2) is 31.9 Å². The maximum absolute atomic E-state index is 11.7. The quantitative estimate of drug-likeness (QED) is 0.843. The fraction of sp³-hybridized carbons (Fsp3) is 0.533. The van der Waals surface area contributed by atoms with Crippen molar-refractivity contribution in [3.8, 4) is 0 Å². The van der Waals surface area contributed by atoms with Gasteiger partial charge in [-0.1, -0.05) is 12.1 Å². The highest BCUT2D eigenvalue weighted by atomic mass is 32.2. The van der Waals surface area contributed by atoms with Crippen molar-refractivity contribution in [2.45, 2.75) is 38.5 Å². The molecule has 1 rings (SSSR count). The lowest BCUT2D eigenvalue weighted by molar-refractivity contribution is -0.114. The maximum atomic E-state index is 11.7. The summed E-state index contributed by atoms with van der Waals surface area (Å²) in [5.41, 5.74) is 1.72. The number of carbonyl (C=O) groups is 1. The lowest BCUT2D eigenvalue weighted by atomic mass is 10.1. The first-order valence-corrected chi connectivity index (χ1v) is 8.72. The van der Waals surface area contributed by atoms with Gasteiger partial charge in [-0.3, -0.25) is 4.79 Å². The summed E-state index contributed by atoms with van der Waals surface area (Å²) in [7, 11) is -3.12. The lowest BCUT2D eigenvalue weighted by Gasteiger charge is -2.25. The Labute approximate surface area is 127 Å². The van der Waals surface area contributed by atoms with Crippen molar-refractivity contribution in [2.24, 2.45) is 0 Å². The van der Waals surface area contributed by atoms with Crippen molar-refractivity contribution in [3.05, 3.63) is 29.8 Å². The summed E-state index contributed by atoms with van der Waals surface area (Å²) >= 11 is 0. The van der Waals surface area contributed by atoms with Gasteiger partial charge in [0.25, 0.3) is 0 Å². The fourth-order valence-electron chi connectivity index (χ4n) is 1.74. The molecule has 0 bridgehead atoms. The fourth-order valence-corrected chi connectivity index (χ4v) is 2.08. The average molecular weight is 312 g/mol. The standard InChI is InChI=1S/C15H24N2O3S/c1-11(16-10-15(3,4)21(5,19)20)13-7-6-8-14(9-13)17-12(2)18/h6-9,11,16H,10H2,1-5H3,(H,17,18). The van der Waals surface area contributed by atoms with Crippen molar-refractivity contribution in [3.63, 3.8) is 0 Å². The summed E-state index contributed by atoms with van der Waals surface area (Å²) in [6, 6.07) is 7.49. The third-order valence-corrected chi connectivity index (χ3v) is 5.70. The molecule has 0 aliphatic rings. The molecule has 0 saturated carbocycles. The highest BCUT2D eigenvalue weighted by molar-refractivity contribution is 7.92. The molecule has 1 unspecified atom stereocenters. The number of anilines is 1. The Morgan fingerprint density at radius 2 is 1.95 bits per heavy atom. The number of nitrogens with one attached hydrogen (secondary N) is 2. The van der Waals surface area contributed by atoms with Gasteiger partial charge in [0.05, 0.1) is 4.75 Å². The van der Waals surface area contributed by atoms with Gasteiger partial charge in [0.1, 0.15) is 0 Å². The molecular formula is C15H24N2O3S. The highest BCUT2D eigenvalue weighted by Gasteiger charge is 2.30. The summed E-state index contributed by atoms with van der Waals surface area (Å²) < 4.78 is 22.6. The first kappa shape index (κ1) is 17.7. The SMILES string of the molecule is CC(=O)Nc1cccc(C(C)NCC(C)(C)S(C)(=O)=O)c1. The number of amides is 1. The normalized spacial score (nSPS) is 13.8. The molecule has 0 spiro atoms. The minimum atomic E-state index is -3.12. The Bertz CT molecular complexity index is 609. The van der Waals surface area contributed by atoms with Crippen molar-refractivity contribution >= 4 is 21.4 Å². The largest absolute Gasteiger partial charge is 0.326 e.